The number of hydrogen-bond donors (Lipinski definition) is 5. The van der Waals surface area contributed by atoms with Gasteiger partial charge in [-0.05, 0) is 112 Å². The number of anilines is 1. The largest absolute Gasteiger partial charge is 0.391 e. The van der Waals surface area contributed by atoms with Gasteiger partial charge in [0, 0.05) is 61.2 Å². The first-order chi connectivity index (χ1) is 35.1. The van der Waals surface area contributed by atoms with Crippen LogP contribution in [-0.4, -0.2) is 101 Å². The predicted molar refractivity (Wildman–Crippen MR) is 279 cm³/mol. The molecule has 4 aliphatic carbocycles. The average Bonchev–Trinajstić information content (AvgIpc) is 4.24. The lowest BCUT2D eigenvalue weighted by Crippen LogP contribution is -2.59. The van der Waals surface area contributed by atoms with Crippen molar-refractivity contribution in [3.63, 3.8) is 0 Å². The molecule has 4 amide bonds. The molecule has 380 valence electrons. The van der Waals surface area contributed by atoms with E-state index < -0.39 is 29.5 Å². The van der Waals surface area contributed by atoms with E-state index in [-0.39, 0.29) is 60.0 Å². The summed E-state index contributed by atoms with van der Waals surface area (Å²) in [5.41, 5.74) is 8.29. The molecule has 5 fully saturated rings. The number of aliphatic hydroxyl groups is 1. The molecule has 6 aromatic rings. The summed E-state index contributed by atoms with van der Waals surface area (Å²) in [6, 6.07) is 15.9. The highest BCUT2D eigenvalue weighted by atomic mass is 32.1. The quantitative estimate of drug-likeness (QED) is 0.0765. The number of thiazole rings is 1. The van der Waals surface area contributed by atoms with Crippen LogP contribution in [0.5, 0.6) is 0 Å². The topological polar surface area (TPSA) is 233 Å². The Labute approximate surface area is 432 Å². The van der Waals surface area contributed by atoms with Crippen LogP contribution in [0.4, 0.5) is 5.69 Å². The normalized spacial score (nSPS) is 24.2. The summed E-state index contributed by atoms with van der Waals surface area (Å²) in [4.78, 5) is 67.6. The number of rotatable bonds is 13. The fourth-order valence-electron chi connectivity index (χ4n) is 11.5. The van der Waals surface area contributed by atoms with Gasteiger partial charge in [0.15, 0.2) is 5.01 Å². The average molecular weight is 1020 g/mol. The molecule has 0 radical (unpaired) electrons. The van der Waals surface area contributed by atoms with E-state index in [0.717, 1.165) is 98.4 Å². The van der Waals surface area contributed by atoms with Gasteiger partial charge in [-0.1, -0.05) is 56.4 Å². The summed E-state index contributed by atoms with van der Waals surface area (Å²) in [5.74, 6) is -1.47. The van der Waals surface area contributed by atoms with E-state index in [1.165, 1.54) is 4.90 Å². The molecular weight excluding hydrogens is 961 g/mol. The van der Waals surface area contributed by atoms with Crippen molar-refractivity contribution >= 4 is 57.5 Å². The molecule has 3 atom stereocenters. The molecule has 1 saturated heterocycles. The van der Waals surface area contributed by atoms with Crippen molar-refractivity contribution in [1.82, 2.24) is 50.6 Å². The number of nitrogens with one attached hydrogen (secondary N) is 4. The zero-order valence-corrected chi connectivity index (χ0v) is 43.5. The Bertz CT molecular complexity index is 3080. The van der Waals surface area contributed by atoms with E-state index in [2.05, 4.69) is 42.5 Å². The molecule has 73 heavy (non-hydrogen) atoms. The van der Waals surface area contributed by atoms with Gasteiger partial charge in [-0.2, -0.15) is 10.4 Å². The number of nitriles is 1. The molecule has 2 bridgehead atoms. The molecule has 11 rings (SSSR count). The first-order valence-electron chi connectivity index (χ1n) is 25.3. The highest BCUT2D eigenvalue weighted by Gasteiger charge is 2.52. The van der Waals surface area contributed by atoms with E-state index in [0.29, 0.717) is 31.2 Å². The molecule has 5 aliphatic rings. The van der Waals surface area contributed by atoms with Crippen LogP contribution in [0.25, 0.3) is 37.9 Å². The van der Waals surface area contributed by atoms with Crippen LogP contribution in [0.1, 0.15) is 113 Å². The third-order valence-corrected chi connectivity index (χ3v) is 18.2. The fraction of sp³-hybridized carbons (Fsp3) is 0.481. The maximum atomic E-state index is 14.3. The Morgan fingerprint density at radius 3 is 2.27 bits per heavy atom. The molecule has 0 unspecified atom stereocenters. The summed E-state index contributed by atoms with van der Waals surface area (Å²) < 4.78 is 1.78. The van der Waals surface area contributed by atoms with E-state index in [1.54, 1.807) is 39.5 Å². The summed E-state index contributed by atoms with van der Waals surface area (Å²) in [6.45, 7) is 7.90. The minimum atomic E-state index is -0.925. The maximum absolute atomic E-state index is 14.3. The van der Waals surface area contributed by atoms with Crippen molar-refractivity contribution in [2.45, 2.75) is 134 Å². The van der Waals surface area contributed by atoms with Crippen LogP contribution in [0, 0.1) is 35.5 Å². The number of aliphatic hydroxyl groups excluding tert-OH is 1. The minimum absolute atomic E-state index is 0.000405. The zero-order chi connectivity index (χ0) is 51.2. The number of benzene rings is 1. The summed E-state index contributed by atoms with van der Waals surface area (Å²) in [6.07, 6.45) is 10.1. The molecule has 4 saturated carbocycles. The Kier molecular flexibility index (Phi) is 13.7. The molecule has 5 N–H and O–H groups in total. The molecule has 5 aromatic heterocycles. The van der Waals surface area contributed by atoms with Gasteiger partial charge in [-0.25, -0.2) is 9.50 Å². The SMILES string of the molecule is CNc1cc(-c2ccc3cc(C#N)cnn23)ncc1-c1nnc(C23CCC(NC(=O)C4CCC(C(=O)N[C@H](C(=O)N5C[C@H](O)C[C@H]5C(=O)NCc5ccc(-c6scnc6C)cc5)C(C)(C)C)CC4)(CC2)CC3)s1. The number of β-amino-alcohol motifs (C(OH)–C–C–N with tert-alkyl or cyclic N) is 1. The Morgan fingerprint density at radius 2 is 1.62 bits per heavy atom. The molecule has 1 aromatic carbocycles. The summed E-state index contributed by atoms with van der Waals surface area (Å²) >= 11 is 3.19. The number of nitrogens with zero attached hydrogens (tertiary/aromatic N) is 8. The van der Waals surface area contributed by atoms with Crippen molar-refractivity contribution in [3.8, 4) is 38.5 Å². The van der Waals surface area contributed by atoms with Gasteiger partial charge in [0.2, 0.25) is 23.6 Å². The van der Waals surface area contributed by atoms with Gasteiger partial charge >= 0.3 is 0 Å². The highest BCUT2D eigenvalue weighted by Crippen LogP contribution is 2.55. The third-order valence-electron chi connectivity index (χ3n) is 16.0. The third kappa shape index (κ3) is 9.96. The van der Waals surface area contributed by atoms with E-state index in [4.69, 9.17) is 10.1 Å². The van der Waals surface area contributed by atoms with Crippen molar-refractivity contribution in [2.75, 3.05) is 18.9 Å². The maximum Gasteiger partial charge on any atom is 0.246 e. The summed E-state index contributed by atoms with van der Waals surface area (Å²) in [7, 11) is 1.87. The number of aryl methyl sites for hydroxylation is 1. The Morgan fingerprint density at radius 1 is 0.904 bits per heavy atom. The number of carbonyl (C=O) groups excluding carboxylic acids is 4. The lowest BCUT2D eigenvalue weighted by molar-refractivity contribution is -0.145. The van der Waals surface area contributed by atoms with E-state index in [9.17, 15) is 29.5 Å². The van der Waals surface area contributed by atoms with Gasteiger partial charge in [-0.3, -0.25) is 24.2 Å². The van der Waals surface area contributed by atoms with Gasteiger partial charge in [0.05, 0.1) is 56.4 Å². The first kappa shape index (κ1) is 49.9. The monoisotopic (exact) mass is 1020 g/mol. The number of fused-ring (bicyclic) bond motifs is 4. The number of pyridine rings is 1. The molecule has 1 aliphatic heterocycles. The van der Waals surface area contributed by atoms with Crippen LogP contribution >= 0.6 is 22.7 Å². The second-order valence-electron chi connectivity index (χ2n) is 21.7. The van der Waals surface area contributed by atoms with E-state index >= 15 is 0 Å². The van der Waals surface area contributed by atoms with Crippen molar-refractivity contribution in [3.05, 3.63) is 88.3 Å². The van der Waals surface area contributed by atoms with Gasteiger partial charge in [0.1, 0.15) is 23.2 Å². The zero-order valence-electron chi connectivity index (χ0n) is 41.9. The van der Waals surface area contributed by atoms with Gasteiger partial charge in [0.25, 0.3) is 0 Å². The fourth-order valence-corrected chi connectivity index (χ4v) is 13.4. The molecule has 6 heterocycles. The number of aromatic nitrogens is 6. The highest BCUT2D eigenvalue weighted by molar-refractivity contribution is 7.15. The first-order valence-corrected chi connectivity index (χ1v) is 27.0. The van der Waals surface area contributed by atoms with Crippen molar-refractivity contribution in [2.24, 2.45) is 17.3 Å². The summed E-state index contributed by atoms with van der Waals surface area (Å²) in [5, 5.41) is 48.6. The van der Waals surface area contributed by atoms with Crippen LogP contribution < -0.4 is 21.3 Å². The predicted octanol–water partition coefficient (Wildman–Crippen LogP) is 7.34. The number of amides is 4. The van der Waals surface area contributed by atoms with Gasteiger partial charge in [-0.15, -0.1) is 21.5 Å². The Hall–Kier alpha value is -6.62. The van der Waals surface area contributed by atoms with Crippen molar-refractivity contribution in [1.29, 1.82) is 5.26 Å². The van der Waals surface area contributed by atoms with Crippen LogP contribution in [0.3, 0.4) is 0 Å². The van der Waals surface area contributed by atoms with Crippen LogP contribution in [-0.2, 0) is 31.1 Å². The van der Waals surface area contributed by atoms with Crippen LogP contribution in [0.2, 0.25) is 0 Å². The van der Waals surface area contributed by atoms with E-state index in [1.807, 2.05) is 88.9 Å². The smallest absolute Gasteiger partial charge is 0.246 e. The number of likely N-dealkylation sites (tertiary alicyclic amines) is 1. The number of carbonyl (C=O) groups is 4. The Balaban J connectivity index is 0.710. The van der Waals surface area contributed by atoms with Gasteiger partial charge < -0.3 is 31.3 Å². The second kappa shape index (κ2) is 20.0. The van der Waals surface area contributed by atoms with Crippen molar-refractivity contribution < 1.29 is 24.3 Å². The lowest BCUT2D eigenvalue weighted by Gasteiger charge is -2.53. The molecule has 19 heteroatoms. The lowest BCUT2D eigenvalue weighted by atomic mass is 9.57. The number of hydrogen-bond acceptors (Lipinski definition) is 14. The second-order valence-corrected chi connectivity index (χ2v) is 23.5. The standard InChI is InChI=1S/C54H62N12O5S2/c1-31-44(72-30-59-31)34-8-6-32(7-9-34)26-58-48(70)43-23-38(67)29-65(43)50(71)45(52(2,3)4)61-46(68)35-10-12-36(13-11-35)47(69)62-54-19-16-53(17-20-54,18-21-54)51-64-63-49(73-51)39-28-57-41(24-40(39)56-5)42-15-14-37-22-33(25-55)27-60-66(37)42/h6-9,14-15,22,24,27-28,30,35-36,38,43,45,67H,10-13,16-21,23,26,29H2,1-5H3,(H,56,57)(H,58,70)(H,61,68)(H,62,69)/t35?,36?,38-,43+,45-,53?,54?/m1/s1. The molecule has 17 nitrogen and oxygen atoms in total. The molecular formula is C54H62N12O5S2. The van der Waals surface area contributed by atoms with Crippen LogP contribution in [0.15, 0.2) is 66.4 Å². The molecule has 0 spiro atoms. The minimum Gasteiger partial charge on any atom is -0.391 e.